The Bertz CT molecular complexity index is 822. The second-order valence-corrected chi connectivity index (χ2v) is 5.57. The minimum atomic E-state index is -0.761. The number of hydrogen-bond acceptors (Lipinski definition) is 6. The Balaban J connectivity index is 1.95. The maximum atomic E-state index is 11.7. The van der Waals surface area contributed by atoms with Crippen LogP contribution in [0.3, 0.4) is 0 Å². The van der Waals surface area contributed by atoms with Gasteiger partial charge in [-0.2, -0.15) is 5.10 Å². The fourth-order valence-corrected chi connectivity index (χ4v) is 2.13. The number of hydrogen-bond donors (Lipinski definition) is 3. The number of nitrogens with one attached hydrogen (secondary N) is 2. The van der Waals surface area contributed by atoms with E-state index < -0.39 is 22.3 Å². The number of benzene rings is 2. The Labute approximate surface area is 148 Å². The predicted molar refractivity (Wildman–Crippen MR) is 95.2 cm³/mol. The lowest BCUT2D eigenvalue weighted by molar-refractivity contribution is -0.385. The molecule has 0 heterocycles. The molecule has 0 aliphatic carbocycles. The Morgan fingerprint density at radius 2 is 2.04 bits per heavy atom. The summed E-state index contributed by atoms with van der Waals surface area (Å²) >= 11 is 5.76. The zero-order chi connectivity index (χ0) is 18.4. The van der Waals surface area contributed by atoms with E-state index in [4.69, 9.17) is 11.6 Å². The average Bonchev–Trinajstić information content (AvgIpc) is 2.57. The molecule has 0 aliphatic rings. The molecule has 0 aliphatic heterocycles. The van der Waals surface area contributed by atoms with Crippen molar-refractivity contribution in [3.63, 3.8) is 0 Å². The molecule has 0 bridgehead atoms. The third-order valence-electron chi connectivity index (χ3n) is 3.18. The number of phenols is 1. The zero-order valence-electron chi connectivity index (χ0n) is 13.2. The quantitative estimate of drug-likeness (QED) is 0.415. The molecule has 3 N–H and O–H groups in total. The summed E-state index contributed by atoms with van der Waals surface area (Å²) in [5, 5.41) is 27.3. The highest BCUT2D eigenvalue weighted by Gasteiger charge is 2.17. The van der Waals surface area contributed by atoms with Crippen molar-refractivity contribution in [2.24, 2.45) is 5.10 Å². The van der Waals surface area contributed by atoms with Crippen LogP contribution in [0.5, 0.6) is 5.75 Å². The van der Waals surface area contributed by atoms with Gasteiger partial charge in [0.15, 0.2) is 0 Å². The second-order valence-electron chi connectivity index (χ2n) is 5.13. The van der Waals surface area contributed by atoms with Gasteiger partial charge in [0, 0.05) is 22.3 Å². The van der Waals surface area contributed by atoms with Gasteiger partial charge in [-0.1, -0.05) is 29.3 Å². The highest BCUT2D eigenvalue weighted by molar-refractivity contribution is 6.31. The molecule has 2 rings (SSSR count). The third kappa shape index (κ3) is 5.18. The van der Waals surface area contributed by atoms with Crippen LogP contribution in [0.4, 0.5) is 11.4 Å². The average molecular weight is 363 g/mol. The van der Waals surface area contributed by atoms with E-state index in [1.807, 2.05) is 31.2 Å². The molecule has 0 saturated carbocycles. The number of nitro groups is 1. The van der Waals surface area contributed by atoms with E-state index in [1.54, 1.807) is 0 Å². The normalized spacial score (nSPS) is 10.6. The highest BCUT2D eigenvalue weighted by Crippen LogP contribution is 2.32. The molecule has 0 unspecified atom stereocenters. The molecule has 0 fully saturated rings. The molecule has 0 radical (unpaired) electrons. The van der Waals surface area contributed by atoms with E-state index in [2.05, 4.69) is 15.8 Å². The number of hydrazone groups is 1. The van der Waals surface area contributed by atoms with Gasteiger partial charge in [-0.3, -0.25) is 14.9 Å². The van der Waals surface area contributed by atoms with Crippen molar-refractivity contribution in [2.45, 2.75) is 6.92 Å². The molecule has 2 aromatic carbocycles. The van der Waals surface area contributed by atoms with Crippen LogP contribution in [0.15, 0.2) is 41.5 Å². The van der Waals surface area contributed by atoms with Gasteiger partial charge in [0.1, 0.15) is 0 Å². The molecule has 2 aromatic rings. The Hall–Kier alpha value is -3.13. The van der Waals surface area contributed by atoms with E-state index >= 15 is 0 Å². The molecule has 130 valence electrons. The van der Waals surface area contributed by atoms with Crippen molar-refractivity contribution < 1.29 is 14.8 Å². The lowest BCUT2D eigenvalue weighted by Crippen LogP contribution is -2.25. The molecule has 9 heteroatoms. The minimum absolute atomic E-state index is 0.0118. The monoisotopic (exact) mass is 362 g/mol. The molecular weight excluding hydrogens is 348 g/mol. The first-order chi connectivity index (χ1) is 11.9. The SMILES string of the molecule is Cc1ccc(NCC(=O)NN=Cc2cc(Cl)cc([N+](=O)[O-])c2O)cc1. The van der Waals surface area contributed by atoms with Crippen molar-refractivity contribution in [2.75, 3.05) is 11.9 Å². The van der Waals surface area contributed by atoms with Gasteiger partial charge in [-0.15, -0.1) is 0 Å². The van der Waals surface area contributed by atoms with E-state index in [-0.39, 0.29) is 17.1 Å². The van der Waals surface area contributed by atoms with Crippen molar-refractivity contribution >= 4 is 35.1 Å². The van der Waals surface area contributed by atoms with Crippen molar-refractivity contribution in [1.29, 1.82) is 0 Å². The first-order valence-corrected chi connectivity index (χ1v) is 7.54. The summed E-state index contributed by atoms with van der Waals surface area (Å²) < 4.78 is 0. The molecule has 0 aromatic heterocycles. The van der Waals surface area contributed by atoms with Crippen molar-refractivity contribution in [3.8, 4) is 5.75 Å². The zero-order valence-corrected chi connectivity index (χ0v) is 13.9. The first kappa shape index (κ1) is 18.2. The van der Waals surface area contributed by atoms with Gasteiger partial charge in [-0.05, 0) is 25.1 Å². The van der Waals surface area contributed by atoms with Crippen LogP contribution in [0.1, 0.15) is 11.1 Å². The highest BCUT2D eigenvalue weighted by atomic mass is 35.5. The molecular formula is C16H15ClN4O4. The Kier molecular flexibility index (Phi) is 5.91. The van der Waals surface area contributed by atoms with Gasteiger partial charge in [-0.25, -0.2) is 5.43 Å². The summed E-state index contributed by atoms with van der Waals surface area (Å²) in [4.78, 5) is 21.8. The molecule has 1 amide bonds. The van der Waals surface area contributed by atoms with Crippen LogP contribution >= 0.6 is 11.6 Å². The number of phenolic OH excluding ortho intramolecular Hbond substituents is 1. The maximum Gasteiger partial charge on any atom is 0.312 e. The van der Waals surface area contributed by atoms with Crippen LogP contribution in [0, 0.1) is 17.0 Å². The van der Waals surface area contributed by atoms with Crippen LogP contribution in [0.2, 0.25) is 5.02 Å². The Morgan fingerprint density at radius 1 is 1.36 bits per heavy atom. The lowest BCUT2D eigenvalue weighted by Gasteiger charge is -2.05. The maximum absolute atomic E-state index is 11.7. The number of nitrogens with zero attached hydrogens (tertiary/aromatic N) is 2. The van der Waals surface area contributed by atoms with Crippen LogP contribution in [-0.4, -0.2) is 28.7 Å². The fraction of sp³-hybridized carbons (Fsp3) is 0.125. The number of amides is 1. The fourth-order valence-electron chi connectivity index (χ4n) is 1.91. The molecule has 8 nitrogen and oxygen atoms in total. The smallest absolute Gasteiger partial charge is 0.312 e. The van der Waals surface area contributed by atoms with E-state index in [1.165, 1.54) is 6.07 Å². The van der Waals surface area contributed by atoms with Crippen molar-refractivity contribution in [1.82, 2.24) is 5.43 Å². The molecule has 0 spiro atoms. The molecule has 25 heavy (non-hydrogen) atoms. The van der Waals surface area contributed by atoms with Gasteiger partial charge in [0.05, 0.1) is 17.7 Å². The van der Waals surface area contributed by atoms with Gasteiger partial charge < -0.3 is 10.4 Å². The molecule has 0 saturated heterocycles. The van der Waals surface area contributed by atoms with Crippen molar-refractivity contribution in [3.05, 3.63) is 62.7 Å². The van der Waals surface area contributed by atoms with E-state index in [9.17, 15) is 20.0 Å². The summed E-state index contributed by atoms with van der Waals surface area (Å²) in [6.07, 6.45) is 1.08. The standard InChI is InChI=1S/C16H15ClN4O4/c1-10-2-4-13(5-3-10)18-9-15(22)20-19-8-11-6-12(17)7-14(16(11)23)21(24)25/h2-8,18,23H,9H2,1H3,(H,20,22). The van der Waals surface area contributed by atoms with Crippen LogP contribution < -0.4 is 10.7 Å². The number of aromatic hydroxyl groups is 1. The summed E-state index contributed by atoms with van der Waals surface area (Å²) in [6.45, 7) is 1.95. The number of carbonyl (C=O) groups excluding carboxylic acids is 1. The molecule has 0 atom stereocenters. The van der Waals surface area contributed by atoms with Crippen LogP contribution in [0.25, 0.3) is 0 Å². The van der Waals surface area contributed by atoms with Gasteiger partial charge in [0.25, 0.3) is 5.91 Å². The number of carbonyl (C=O) groups is 1. The topological polar surface area (TPSA) is 117 Å². The summed E-state index contributed by atoms with van der Waals surface area (Å²) in [6, 6.07) is 9.83. The first-order valence-electron chi connectivity index (χ1n) is 7.16. The third-order valence-corrected chi connectivity index (χ3v) is 3.40. The number of aryl methyl sites for hydroxylation is 1. The number of anilines is 1. The summed E-state index contributed by atoms with van der Waals surface area (Å²) in [7, 11) is 0. The predicted octanol–water partition coefficient (Wildman–Crippen LogP) is 2.82. The van der Waals surface area contributed by atoms with Gasteiger partial charge in [0.2, 0.25) is 5.75 Å². The summed E-state index contributed by atoms with van der Waals surface area (Å²) in [5.74, 6) is -1.00. The largest absolute Gasteiger partial charge is 0.502 e. The lowest BCUT2D eigenvalue weighted by atomic mass is 10.2. The van der Waals surface area contributed by atoms with E-state index in [0.717, 1.165) is 23.5 Å². The van der Waals surface area contributed by atoms with Crippen LogP contribution in [-0.2, 0) is 4.79 Å². The van der Waals surface area contributed by atoms with Gasteiger partial charge >= 0.3 is 5.69 Å². The Morgan fingerprint density at radius 3 is 2.68 bits per heavy atom. The summed E-state index contributed by atoms with van der Waals surface area (Å²) in [5.41, 5.74) is 3.62. The number of rotatable bonds is 6. The second kappa shape index (κ2) is 8.11. The minimum Gasteiger partial charge on any atom is -0.502 e. The number of halogens is 1. The van der Waals surface area contributed by atoms with E-state index in [0.29, 0.717) is 0 Å². The number of nitro benzene ring substituents is 1.